The van der Waals surface area contributed by atoms with Crippen molar-refractivity contribution >= 4 is 0 Å². The lowest BCUT2D eigenvalue weighted by Gasteiger charge is -2.32. The van der Waals surface area contributed by atoms with E-state index in [9.17, 15) is 5.11 Å². The fraction of sp³-hybridized carbons (Fsp3) is 1.00. The Bertz CT molecular complexity index is 248. The van der Waals surface area contributed by atoms with Gasteiger partial charge in [-0.3, -0.25) is 0 Å². The number of rotatable bonds is 9. The molecule has 0 aliphatic carbocycles. The minimum absolute atomic E-state index is 0.155. The van der Waals surface area contributed by atoms with Gasteiger partial charge in [-0.15, -0.1) is 0 Å². The molecule has 0 spiro atoms. The summed E-state index contributed by atoms with van der Waals surface area (Å²) in [5.74, 6) is -2.47. The summed E-state index contributed by atoms with van der Waals surface area (Å²) in [5.41, 5.74) is 0. The summed E-state index contributed by atoms with van der Waals surface area (Å²) >= 11 is 0. The van der Waals surface area contributed by atoms with Crippen molar-refractivity contribution in [3.63, 3.8) is 0 Å². The van der Waals surface area contributed by atoms with Crippen LogP contribution >= 0.6 is 0 Å². The zero-order valence-corrected chi connectivity index (χ0v) is 12.3. The Balaban J connectivity index is 2.77. The first-order valence-corrected chi connectivity index (χ1v) is 6.93. The molecule has 1 rings (SSSR count). The summed E-state index contributed by atoms with van der Waals surface area (Å²) < 4.78 is 27.5. The van der Waals surface area contributed by atoms with Crippen LogP contribution in [-0.4, -0.2) is 56.0 Å². The number of hydrogen-bond donors (Lipinski definition) is 1. The van der Waals surface area contributed by atoms with Crippen molar-refractivity contribution < 1.29 is 28.8 Å². The summed E-state index contributed by atoms with van der Waals surface area (Å²) in [4.78, 5) is 0. The number of hydrogen-bond acceptors (Lipinski definition) is 6. The maximum atomic E-state index is 10.6. The molecule has 0 saturated carbocycles. The molecule has 1 atom stereocenters. The first-order chi connectivity index (χ1) is 9.05. The van der Waals surface area contributed by atoms with Gasteiger partial charge in [-0.1, -0.05) is 0 Å². The fourth-order valence-corrected chi connectivity index (χ4v) is 2.24. The van der Waals surface area contributed by atoms with Crippen LogP contribution in [0.5, 0.6) is 0 Å². The highest BCUT2D eigenvalue weighted by molar-refractivity contribution is 4.89. The molecule has 1 aliphatic rings. The summed E-state index contributed by atoms with van der Waals surface area (Å²) in [6, 6.07) is 0. The smallest absolute Gasteiger partial charge is 0.223 e. The molecule has 1 aliphatic heterocycles. The fourth-order valence-electron chi connectivity index (χ4n) is 2.24. The molecule has 1 fully saturated rings. The normalized spacial score (nSPS) is 26.2. The summed E-state index contributed by atoms with van der Waals surface area (Å²) in [5, 5.41) is 10.6. The predicted molar refractivity (Wildman–Crippen MR) is 68.5 cm³/mol. The molecule has 0 aromatic rings. The second-order valence-electron chi connectivity index (χ2n) is 4.33. The quantitative estimate of drug-likeness (QED) is 0.641. The maximum Gasteiger partial charge on any atom is 0.223 e. The average molecular weight is 278 g/mol. The molecule has 0 bridgehead atoms. The van der Waals surface area contributed by atoms with Crippen molar-refractivity contribution in [1.82, 2.24) is 0 Å². The zero-order valence-electron chi connectivity index (χ0n) is 12.3. The van der Waals surface area contributed by atoms with Crippen LogP contribution in [0.1, 0.15) is 34.1 Å². The van der Waals surface area contributed by atoms with Crippen LogP contribution in [0.4, 0.5) is 0 Å². The molecular weight excluding hydrogens is 252 g/mol. The maximum absolute atomic E-state index is 10.6. The van der Waals surface area contributed by atoms with Gasteiger partial charge in [0.15, 0.2) is 5.79 Å². The Morgan fingerprint density at radius 3 is 1.95 bits per heavy atom. The van der Waals surface area contributed by atoms with E-state index in [1.807, 2.05) is 27.7 Å². The third kappa shape index (κ3) is 4.11. The molecule has 0 aromatic carbocycles. The van der Waals surface area contributed by atoms with Crippen molar-refractivity contribution in [2.45, 2.75) is 52.0 Å². The second kappa shape index (κ2) is 7.52. The van der Waals surface area contributed by atoms with Crippen LogP contribution in [-0.2, 0) is 23.7 Å². The lowest BCUT2D eigenvalue weighted by Crippen LogP contribution is -2.47. The summed E-state index contributed by atoms with van der Waals surface area (Å²) in [6.45, 7) is 9.38. The monoisotopic (exact) mass is 278 g/mol. The van der Waals surface area contributed by atoms with E-state index >= 15 is 0 Å². The van der Waals surface area contributed by atoms with Crippen LogP contribution in [0, 0.1) is 0 Å². The molecule has 1 saturated heterocycles. The van der Waals surface area contributed by atoms with E-state index in [0.29, 0.717) is 26.4 Å². The lowest BCUT2D eigenvalue weighted by atomic mass is 10.1. The Labute approximate surface area is 114 Å². The van der Waals surface area contributed by atoms with Gasteiger partial charge >= 0.3 is 0 Å². The van der Waals surface area contributed by atoms with E-state index in [2.05, 4.69) is 0 Å². The Kier molecular flexibility index (Phi) is 6.65. The minimum atomic E-state index is -1.55. The highest BCUT2D eigenvalue weighted by Gasteiger charge is 2.55. The second-order valence-corrected chi connectivity index (χ2v) is 4.33. The van der Waals surface area contributed by atoms with Crippen molar-refractivity contribution in [1.29, 1.82) is 0 Å². The molecule has 0 amide bonds. The average Bonchev–Trinajstić information content (AvgIpc) is 2.69. The van der Waals surface area contributed by atoms with Gasteiger partial charge in [0.1, 0.15) is 6.61 Å². The molecule has 6 nitrogen and oxygen atoms in total. The predicted octanol–water partition coefficient (Wildman–Crippen LogP) is 1.26. The van der Waals surface area contributed by atoms with E-state index in [1.54, 1.807) is 0 Å². The van der Waals surface area contributed by atoms with Gasteiger partial charge in [0.2, 0.25) is 12.1 Å². The highest BCUT2D eigenvalue weighted by atomic mass is 16.8. The molecule has 6 heteroatoms. The topological polar surface area (TPSA) is 66.4 Å². The van der Waals surface area contributed by atoms with Crippen LogP contribution < -0.4 is 0 Å². The van der Waals surface area contributed by atoms with E-state index in [0.717, 1.165) is 0 Å². The van der Waals surface area contributed by atoms with Gasteiger partial charge < -0.3 is 28.8 Å². The van der Waals surface area contributed by atoms with Crippen molar-refractivity contribution in [3.05, 3.63) is 0 Å². The number of ether oxygens (including phenoxy) is 5. The largest absolute Gasteiger partial charge is 0.361 e. The Morgan fingerprint density at radius 2 is 1.53 bits per heavy atom. The molecule has 1 heterocycles. The van der Waals surface area contributed by atoms with E-state index < -0.39 is 17.9 Å². The summed E-state index contributed by atoms with van der Waals surface area (Å²) in [6.07, 6.45) is -0.683. The molecular formula is C13H26O6. The standard InChI is InChI=1S/C13H26O6/c1-5-15-11(16-6-2)13(14)9-12(10-19-13,17-7-3)18-8-4/h11,14H,5-10H2,1-4H3. The van der Waals surface area contributed by atoms with E-state index in [4.69, 9.17) is 23.7 Å². The van der Waals surface area contributed by atoms with Crippen LogP contribution in [0.2, 0.25) is 0 Å². The molecule has 114 valence electrons. The molecule has 0 radical (unpaired) electrons. The van der Waals surface area contributed by atoms with Crippen LogP contribution in [0.25, 0.3) is 0 Å². The first-order valence-electron chi connectivity index (χ1n) is 6.93. The van der Waals surface area contributed by atoms with Gasteiger partial charge in [0, 0.05) is 26.4 Å². The van der Waals surface area contributed by atoms with Crippen molar-refractivity contribution in [2.75, 3.05) is 33.0 Å². The minimum Gasteiger partial charge on any atom is -0.361 e. The van der Waals surface area contributed by atoms with Gasteiger partial charge in [0.05, 0.1) is 6.42 Å². The summed E-state index contributed by atoms with van der Waals surface area (Å²) in [7, 11) is 0. The third-order valence-corrected chi connectivity index (χ3v) is 2.88. The van der Waals surface area contributed by atoms with Crippen LogP contribution in [0.3, 0.4) is 0 Å². The van der Waals surface area contributed by atoms with Gasteiger partial charge in [-0.05, 0) is 27.7 Å². The van der Waals surface area contributed by atoms with Crippen LogP contribution in [0.15, 0.2) is 0 Å². The number of aliphatic hydroxyl groups is 1. The molecule has 1 unspecified atom stereocenters. The molecule has 19 heavy (non-hydrogen) atoms. The first kappa shape index (κ1) is 16.8. The van der Waals surface area contributed by atoms with Gasteiger partial charge in [-0.2, -0.15) is 0 Å². The van der Waals surface area contributed by atoms with Gasteiger partial charge in [0.25, 0.3) is 0 Å². The SMILES string of the molecule is CCOC(OCC)C1(O)CC(OCC)(OCC)CO1. The molecule has 0 aromatic heterocycles. The van der Waals surface area contributed by atoms with Crippen molar-refractivity contribution in [3.8, 4) is 0 Å². The van der Waals surface area contributed by atoms with Crippen molar-refractivity contribution in [2.24, 2.45) is 0 Å². The van der Waals surface area contributed by atoms with E-state index in [1.165, 1.54) is 0 Å². The third-order valence-electron chi connectivity index (χ3n) is 2.88. The Morgan fingerprint density at radius 1 is 1.00 bits per heavy atom. The Hall–Kier alpha value is -0.240. The highest BCUT2D eigenvalue weighted by Crippen LogP contribution is 2.38. The van der Waals surface area contributed by atoms with E-state index in [-0.39, 0.29) is 13.0 Å². The molecule has 1 N–H and O–H groups in total. The van der Waals surface area contributed by atoms with Gasteiger partial charge in [-0.25, -0.2) is 0 Å². The lowest BCUT2D eigenvalue weighted by molar-refractivity contribution is -0.319. The zero-order chi connectivity index (χ0) is 14.4.